The van der Waals surface area contributed by atoms with Crippen molar-refractivity contribution in [2.24, 2.45) is 0 Å². The number of benzene rings is 8. The highest BCUT2D eigenvalue weighted by Crippen LogP contribution is 2.39. The van der Waals surface area contributed by atoms with Crippen molar-refractivity contribution in [3.63, 3.8) is 0 Å². The zero-order valence-electron chi connectivity index (χ0n) is 31.5. The molecule has 0 aliphatic rings. The highest BCUT2D eigenvalue weighted by Gasteiger charge is 2.15. The smallest absolute Gasteiger partial charge is 0.160 e. The van der Waals surface area contributed by atoms with Gasteiger partial charge in [0.15, 0.2) is 5.82 Å². The standard InChI is InChI=1S/C55H35N3/c1-2-13-37(14-3-1)53-34-54(38-26-24-36(25-27-38)42-17-12-30-56-35-42)58-55(57-53)41-28-29-49-47-22-9-8-20-45(47)43-18-6-7-19-44(43)46-21-10-11-23-48(46)50-31-39-15-4-5-16-40(39)32-52(50)51(49)33-41/h1-35H. The van der Waals surface area contributed by atoms with Crippen molar-refractivity contribution in [1.82, 2.24) is 15.0 Å². The Labute approximate surface area is 335 Å². The number of nitrogens with zero attached hydrogens (tertiary/aromatic N) is 3. The molecule has 2 aromatic heterocycles. The summed E-state index contributed by atoms with van der Waals surface area (Å²) in [6, 6.07) is 71.8. The summed E-state index contributed by atoms with van der Waals surface area (Å²) in [4.78, 5) is 14.9. The Hall–Kier alpha value is -7.75. The average molecular weight is 738 g/mol. The van der Waals surface area contributed by atoms with Crippen molar-refractivity contribution in [2.75, 3.05) is 0 Å². The first-order valence-electron chi connectivity index (χ1n) is 19.7. The molecule has 0 amide bonds. The van der Waals surface area contributed by atoms with Gasteiger partial charge in [-0.05, 0) is 106 Å². The van der Waals surface area contributed by atoms with E-state index in [2.05, 4.69) is 193 Å². The molecule has 58 heavy (non-hydrogen) atoms. The minimum atomic E-state index is 0.675. The van der Waals surface area contributed by atoms with Gasteiger partial charge in [0.25, 0.3) is 0 Å². The van der Waals surface area contributed by atoms with Crippen molar-refractivity contribution in [2.45, 2.75) is 0 Å². The van der Waals surface area contributed by atoms with Gasteiger partial charge in [-0.2, -0.15) is 0 Å². The SMILES string of the molecule is c1ccc(-c2cc(-c3ccc(-c4cccnc4)cc3)nc(-c3ccc4c5ccccc5c5ccccc5c5ccccc5c5cc6ccccc6cc5c4c3)n2)cc1. The Morgan fingerprint density at radius 2 is 0.672 bits per heavy atom. The first kappa shape index (κ1) is 33.6. The minimum absolute atomic E-state index is 0.675. The van der Waals surface area contributed by atoms with Crippen LogP contribution in [-0.2, 0) is 0 Å². The van der Waals surface area contributed by atoms with Gasteiger partial charge in [-0.25, -0.2) is 9.97 Å². The van der Waals surface area contributed by atoms with Crippen molar-refractivity contribution in [3.05, 3.63) is 213 Å². The summed E-state index contributed by atoms with van der Waals surface area (Å²) in [6.07, 6.45) is 3.70. The predicted molar refractivity (Wildman–Crippen MR) is 244 cm³/mol. The zero-order chi connectivity index (χ0) is 38.4. The molecule has 0 atom stereocenters. The second-order valence-electron chi connectivity index (χ2n) is 14.8. The van der Waals surface area contributed by atoms with E-state index >= 15 is 0 Å². The highest BCUT2D eigenvalue weighted by atomic mass is 14.9. The van der Waals surface area contributed by atoms with Crippen LogP contribution in [0.5, 0.6) is 0 Å². The first-order valence-corrected chi connectivity index (χ1v) is 19.7. The number of aromatic nitrogens is 3. The Bertz CT molecular complexity index is 3430. The molecule has 0 aliphatic heterocycles. The van der Waals surface area contributed by atoms with Gasteiger partial charge in [-0.3, -0.25) is 4.98 Å². The molecule has 0 unspecified atom stereocenters. The van der Waals surface area contributed by atoms with Crippen LogP contribution in [0.15, 0.2) is 213 Å². The summed E-state index contributed by atoms with van der Waals surface area (Å²) in [5.41, 5.74) is 6.94. The fourth-order valence-electron chi connectivity index (χ4n) is 8.53. The molecule has 0 N–H and O–H groups in total. The van der Waals surface area contributed by atoms with E-state index in [9.17, 15) is 0 Å². The van der Waals surface area contributed by atoms with Crippen LogP contribution < -0.4 is 0 Å². The van der Waals surface area contributed by atoms with Crippen LogP contribution in [0.1, 0.15) is 0 Å². The summed E-state index contributed by atoms with van der Waals surface area (Å²) in [7, 11) is 0. The third-order valence-electron chi connectivity index (χ3n) is 11.4. The number of hydrogen-bond acceptors (Lipinski definition) is 3. The number of rotatable bonds is 4. The van der Waals surface area contributed by atoms with Crippen LogP contribution >= 0.6 is 0 Å². The number of hydrogen-bond donors (Lipinski definition) is 0. The van der Waals surface area contributed by atoms with Crippen molar-refractivity contribution in [3.8, 4) is 45.0 Å². The lowest BCUT2D eigenvalue weighted by Crippen LogP contribution is -1.96. The van der Waals surface area contributed by atoms with Gasteiger partial charge < -0.3 is 0 Å². The number of fused-ring (bicyclic) bond motifs is 11. The normalized spacial score (nSPS) is 11.4. The van der Waals surface area contributed by atoms with E-state index in [0.29, 0.717) is 5.82 Å². The molecule has 0 radical (unpaired) electrons. The lowest BCUT2D eigenvalue weighted by Gasteiger charge is -2.13. The Kier molecular flexibility index (Phi) is 8.15. The largest absolute Gasteiger partial charge is 0.264 e. The molecule has 270 valence electrons. The van der Waals surface area contributed by atoms with Crippen LogP contribution in [0.3, 0.4) is 0 Å². The molecular formula is C55H35N3. The number of pyridine rings is 1. The third-order valence-corrected chi connectivity index (χ3v) is 11.4. The molecule has 0 aliphatic carbocycles. The first-order chi connectivity index (χ1) is 28.7. The maximum Gasteiger partial charge on any atom is 0.160 e. The van der Waals surface area contributed by atoms with Gasteiger partial charge in [0.2, 0.25) is 0 Å². The highest BCUT2D eigenvalue weighted by molar-refractivity contribution is 6.27. The van der Waals surface area contributed by atoms with E-state index in [-0.39, 0.29) is 0 Å². The monoisotopic (exact) mass is 737 g/mol. The Morgan fingerprint density at radius 1 is 0.259 bits per heavy atom. The van der Waals surface area contributed by atoms with E-state index in [4.69, 9.17) is 9.97 Å². The molecule has 0 saturated carbocycles. The van der Waals surface area contributed by atoms with Crippen LogP contribution in [0.2, 0.25) is 0 Å². The third kappa shape index (κ3) is 5.89. The molecule has 0 bridgehead atoms. The molecule has 9 aromatic carbocycles. The van der Waals surface area contributed by atoms with Crippen LogP contribution in [-0.4, -0.2) is 15.0 Å². The zero-order valence-corrected chi connectivity index (χ0v) is 31.5. The van der Waals surface area contributed by atoms with Crippen LogP contribution in [0.4, 0.5) is 0 Å². The van der Waals surface area contributed by atoms with Crippen molar-refractivity contribution >= 4 is 64.6 Å². The van der Waals surface area contributed by atoms with E-state index in [1.54, 1.807) is 6.20 Å². The van der Waals surface area contributed by atoms with Gasteiger partial charge in [0.1, 0.15) is 0 Å². The second kappa shape index (κ2) is 14.1. The summed E-state index contributed by atoms with van der Waals surface area (Å²) in [5.74, 6) is 0.675. The fourth-order valence-corrected chi connectivity index (χ4v) is 8.53. The molecule has 3 heteroatoms. The van der Waals surface area contributed by atoms with Gasteiger partial charge in [0.05, 0.1) is 11.4 Å². The summed E-state index contributed by atoms with van der Waals surface area (Å²) in [6.45, 7) is 0. The van der Waals surface area contributed by atoms with Crippen molar-refractivity contribution in [1.29, 1.82) is 0 Å². The second-order valence-corrected chi connectivity index (χ2v) is 14.8. The molecule has 2 heterocycles. The molecular weight excluding hydrogens is 703 g/mol. The van der Waals surface area contributed by atoms with Crippen LogP contribution in [0, 0.1) is 0 Å². The molecule has 3 nitrogen and oxygen atoms in total. The molecule has 0 saturated heterocycles. The van der Waals surface area contributed by atoms with Gasteiger partial charge in [-0.1, -0.05) is 170 Å². The summed E-state index contributed by atoms with van der Waals surface area (Å²) >= 11 is 0. The summed E-state index contributed by atoms with van der Waals surface area (Å²) < 4.78 is 0. The van der Waals surface area contributed by atoms with Crippen LogP contribution in [0.25, 0.3) is 110 Å². The Balaban J connectivity index is 1.25. The molecule has 0 spiro atoms. The van der Waals surface area contributed by atoms with E-state index in [1.165, 1.54) is 53.9 Å². The quantitative estimate of drug-likeness (QED) is 0.181. The van der Waals surface area contributed by atoms with Gasteiger partial charge in [-0.15, -0.1) is 0 Å². The van der Waals surface area contributed by atoms with E-state index in [1.807, 2.05) is 18.3 Å². The molecule has 11 rings (SSSR count). The molecule has 11 aromatic rings. The maximum atomic E-state index is 5.32. The van der Waals surface area contributed by atoms with E-state index < -0.39 is 0 Å². The van der Waals surface area contributed by atoms with Gasteiger partial charge >= 0.3 is 0 Å². The van der Waals surface area contributed by atoms with Gasteiger partial charge in [0, 0.05) is 29.1 Å². The predicted octanol–water partition coefficient (Wildman–Crippen LogP) is 14.6. The Morgan fingerprint density at radius 3 is 1.22 bits per heavy atom. The topological polar surface area (TPSA) is 38.7 Å². The maximum absolute atomic E-state index is 5.32. The lowest BCUT2D eigenvalue weighted by atomic mass is 9.92. The summed E-state index contributed by atoms with van der Waals surface area (Å²) in [5, 5.41) is 14.3. The molecule has 0 fully saturated rings. The average Bonchev–Trinajstić information content (AvgIpc) is 3.31. The van der Waals surface area contributed by atoms with Crippen molar-refractivity contribution < 1.29 is 0 Å². The fraction of sp³-hybridized carbons (Fsp3) is 0. The minimum Gasteiger partial charge on any atom is -0.264 e. The lowest BCUT2D eigenvalue weighted by molar-refractivity contribution is 1.18. The van der Waals surface area contributed by atoms with E-state index in [0.717, 1.165) is 50.0 Å².